The highest BCUT2D eigenvalue weighted by atomic mass is 16.4. The smallest absolute Gasteiger partial charge is 0.309 e. The summed E-state index contributed by atoms with van der Waals surface area (Å²) in [6, 6.07) is 0. The molecule has 0 radical (unpaired) electrons. The summed E-state index contributed by atoms with van der Waals surface area (Å²) < 4.78 is 0. The van der Waals surface area contributed by atoms with E-state index >= 15 is 0 Å². The second kappa shape index (κ2) is 5.57. The van der Waals surface area contributed by atoms with Crippen LogP contribution >= 0.6 is 0 Å². The van der Waals surface area contributed by atoms with E-state index in [-0.39, 0.29) is 17.3 Å². The molecule has 0 aromatic carbocycles. The molecule has 4 heteroatoms. The molecule has 1 fully saturated rings. The third kappa shape index (κ3) is 2.22. The Labute approximate surface area is 145 Å². The van der Waals surface area contributed by atoms with E-state index in [1.807, 2.05) is 20.8 Å². The molecule has 0 heterocycles. The molecule has 5 atom stereocenters. The highest BCUT2D eigenvalue weighted by Crippen LogP contribution is 2.62. The Balaban J connectivity index is 2.04. The zero-order valence-electron chi connectivity index (χ0n) is 15.4. The molecule has 3 rings (SSSR count). The lowest BCUT2D eigenvalue weighted by molar-refractivity contribution is -0.160. The van der Waals surface area contributed by atoms with Crippen LogP contribution in [0.25, 0.3) is 0 Å². The molecule has 1 saturated carbocycles. The zero-order chi connectivity index (χ0) is 17.9. The first-order chi connectivity index (χ1) is 11.1. The fourth-order valence-electron chi connectivity index (χ4n) is 6.06. The Hall–Kier alpha value is -0.870. The summed E-state index contributed by atoms with van der Waals surface area (Å²) in [6.07, 6.45) is 4.70. The summed E-state index contributed by atoms with van der Waals surface area (Å²) in [5.74, 6) is -0.562. The van der Waals surface area contributed by atoms with E-state index < -0.39 is 23.1 Å². The van der Waals surface area contributed by atoms with Crippen LogP contribution < -0.4 is 0 Å². The van der Waals surface area contributed by atoms with Crippen LogP contribution in [0.3, 0.4) is 0 Å². The van der Waals surface area contributed by atoms with Crippen LogP contribution in [-0.2, 0) is 4.79 Å². The Morgan fingerprint density at radius 1 is 1.17 bits per heavy atom. The maximum atomic E-state index is 12.0. The largest absolute Gasteiger partial charge is 0.481 e. The molecule has 136 valence electrons. The van der Waals surface area contributed by atoms with Gasteiger partial charge in [0.05, 0.1) is 11.0 Å². The number of aliphatic hydroxyl groups is 2. The Bertz CT molecular complexity index is 580. The van der Waals surface area contributed by atoms with Gasteiger partial charge in [-0.1, -0.05) is 32.8 Å². The van der Waals surface area contributed by atoms with Gasteiger partial charge in [0.15, 0.2) is 0 Å². The van der Waals surface area contributed by atoms with E-state index in [0.717, 1.165) is 37.7 Å². The second-order valence-electron chi connectivity index (χ2n) is 9.14. The third-order valence-corrected chi connectivity index (χ3v) is 7.78. The Kier molecular flexibility index (Phi) is 4.16. The first-order valence-corrected chi connectivity index (χ1v) is 9.43. The minimum absolute atomic E-state index is 0.00252. The van der Waals surface area contributed by atoms with Gasteiger partial charge in [0, 0.05) is 0 Å². The van der Waals surface area contributed by atoms with E-state index in [1.165, 1.54) is 5.57 Å². The van der Waals surface area contributed by atoms with Gasteiger partial charge in [-0.15, -0.1) is 0 Å². The summed E-state index contributed by atoms with van der Waals surface area (Å²) in [5.41, 5.74) is 0.377. The van der Waals surface area contributed by atoms with Gasteiger partial charge in [-0.3, -0.25) is 4.79 Å². The average Bonchev–Trinajstić information content (AvgIpc) is 2.50. The fraction of sp³-hybridized carbons (Fsp3) is 0.850. The average molecular weight is 336 g/mol. The highest BCUT2D eigenvalue weighted by Gasteiger charge is 2.58. The summed E-state index contributed by atoms with van der Waals surface area (Å²) >= 11 is 0. The van der Waals surface area contributed by atoms with Crippen molar-refractivity contribution in [1.82, 2.24) is 0 Å². The van der Waals surface area contributed by atoms with E-state index in [0.29, 0.717) is 12.8 Å². The number of hydrogen-bond donors (Lipinski definition) is 3. The number of rotatable bonds is 2. The maximum absolute atomic E-state index is 12.0. The monoisotopic (exact) mass is 336 g/mol. The molecular weight excluding hydrogens is 304 g/mol. The standard InChI is InChI=1S/C20H32O4/c1-12(2)20(24)11-8-14-13(16(20)21)6-7-15-18(14,3)9-5-10-19(15,4)17(22)23/h12,15-16,21,24H,5-11H2,1-4H3,(H,22,23). The SMILES string of the molecule is CC(C)C1(O)CCC2=C(CCC3C(C)(C(=O)O)CCCC23C)C1O. The fourth-order valence-corrected chi connectivity index (χ4v) is 6.06. The number of allylic oxidation sites excluding steroid dienone is 1. The van der Waals surface area contributed by atoms with Crippen molar-refractivity contribution in [3.63, 3.8) is 0 Å². The lowest BCUT2D eigenvalue weighted by Gasteiger charge is -2.57. The number of carbonyl (C=O) groups is 1. The normalized spacial score (nSPS) is 45.8. The lowest BCUT2D eigenvalue weighted by Crippen LogP contribution is -2.56. The van der Waals surface area contributed by atoms with Crippen molar-refractivity contribution in [3.8, 4) is 0 Å². The van der Waals surface area contributed by atoms with Gasteiger partial charge in [0.25, 0.3) is 0 Å². The number of fused-ring (bicyclic) bond motifs is 2. The van der Waals surface area contributed by atoms with E-state index in [2.05, 4.69) is 6.92 Å². The van der Waals surface area contributed by atoms with Gasteiger partial charge in [-0.05, 0) is 68.3 Å². The van der Waals surface area contributed by atoms with Crippen molar-refractivity contribution in [1.29, 1.82) is 0 Å². The predicted octanol–water partition coefficient (Wildman–Crippen LogP) is 3.52. The van der Waals surface area contributed by atoms with Gasteiger partial charge in [0.2, 0.25) is 0 Å². The highest BCUT2D eigenvalue weighted by molar-refractivity contribution is 5.75. The first kappa shape index (κ1) is 17.9. The maximum Gasteiger partial charge on any atom is 0.309 e. The van der Waals surface area contributed by atoms with Crippen molar-refractivity contribution >= 4 is 5.97 Å². The minimum atomic E-state index is -1.05. The van der Waals surface area contributed by atoms with Gasteiger partial charge in [0.1, 0.15) is 6.10 Å². The summed E-state index contributed by atoms with van der Waals surface area (Å²) in [6.45, 7) is 8.04. The Morgan fingerprint density at radius 2 is 1.83 bits per heavy atom. The van der Waals surface area contributed by atoms with E-state index in [1.54, 1.807) is 0 Å². The summed E-state index contributed by atoms with van der Waals surface area (Å²) in [5, 5.41) is 31.7. The van der Waals surface area contributed by atoms with Crippen LogP contribution in [0, 0.1) is 22.7 Å². The number of carboxylic acids is 1. The quantitative estimate of drug-likeness (QED) is 0.674. The van der Waals surface area contributed by atoms with Crippen LogP contribution in [0.1, 0.15) is 72.6 Å². The van der Waals surface area contributed by atoms with Crippen LogP contribution in [0.5, 0.6) is 0 Å². The first-order valence-electron chi connectivity index (χ1n) is 9.43. The van der Waals surface area contributed by atoms with Crippen LogP contribution in [0.4, 0.5) is 0 Å². The molecule has 5 unspecified atom stereocenters. The molecule has 0 aromatic heterocycles. The van der Waals surface area contributed by atoms with Gasteiger partial charge in [-0.25, -0.2) is 0 Å². The van der Waals surface area contributed by atoms with Crippen LogP contribution in [0.2, 0.25) is 0 Å². The van der Waals surface area contributed by atoms with Crippen LogP contribution in [-0.4, -0.2) is 33.0 Å². The number of aliphatic hydroxyl groups excluding tert-OH is 1. The molecule has 3 aliphatic carbocycles. The van der Waals surface area contributed by atoms with Crippen molar-refractivity contribution in [2.75, 3.05) is 0 Å². The molecule has 0 aromatic rings. The lowest BCUT2D eigenvalue weighted by atomic mass is 9.47. The molecule has 0 bridgehead atoms. The number of carboxylic acid groups (broad SMARTS) is 1. The van der Waals surface area contributed by atoms with Crippen molar-refractivity contribution < 1.29 is 20.1 Å². The zero-order valence-corrected chi connectivity index (χ0v) is 15.4. The van der Waals surface area contributed by atoms with Crippen molar-refractivity contribution in [2.24, 2.45) is 22.7 Å². The predicted molar refractivity (Wildman–Crippen MR) is 92.5 cm³/mol. The van der Waals surface area contributed by atoms with Crippen molar-refractivity contribution in [3.05, 3.63) is 11.1 Å². The molecule has 0 amide bonds. The van der Waals surface area contributed by atoms with E-state index in [9.17, 15) is 20.1 Å². The second-order valence-corrected chi connectivity index (χ2v) is 9.14. The molecule has 0 saturated heterocycles. The molecule has 0 spiro atoms. The van der Waals surface area contributed by atoms with E-state index in [4.69, 9.17) is 0 Å². The molecule has 3 aliphatic rings. The molecule has 4 nitrogen and oxygen atoms in total. The molecule has 0 aliphatic heterocycles. The van der Waals surface area contributed by atoms with Gasteiger partial charge in [-0.2, -0.15) is 0 Å². The summed E-state index contributed by atoms with van der Waals surface area (Å²) in [7, 11) is 0. The molecular formula is C20H32O4. The number of aliphatic carboxylic acids is 1. The van der Waals surface area contributed by atoms with Crippen molar-refractivity contribution in [2.45, 2.75) is 84.3 Å². The summed E-state index contributed by atoms with van der Waals surface area (Å²) in [4.78, 5) is 12.0. The van der Waals surface area contributed by atoms with Gasteiger partial charge < -0.3 is 15.3 Å². The topological polar surface area (TPSA) is 77.8 Å². The molecule has 3 N–H and O–H groups in total. The Morgan fingerprint density at radius 3 is 2.42 bits per heavy atom. The molecule has 24 heavy (non-hydrogen) atoms. The minimum Gasteiger partial charge on any atom is -0.481 e. The van der Waals surface area contributed by atoms with Crippen LogP contribution in [0.15, 0.2) is 11.1 Å². The third-order valence-electron chi connectivity index (χ3n) is 7.78. The van der Waals surface area contributed by atoms with Gasteiger partial charge >= 0.3 is 5.97 Å². The number of hydrogen-bond acceptors (Lipinski definition) is 3.